The fraction of sp³-hybridized carbons (Fsp3) is 0.226. The van der Waals surface area contributed by atoms with E-state index in [9.17, 15) is 14.4 Å². The minimum Gasteiger partial charge on any atom is -0.462 e. The van der Waals surface area contributed by atoms with Crippen LogP contribution in [0.15, 0.2) is 70.1 Å². The molecule has 0 atom stereocenters. The van der Waals surface area contributed by atoms with Gasteiger partial charge in [0.25, 0.3) is 0 Å². The smallest absolute Gasteiger partial charge is 0.340 e. The van der Waals surface area contributed by atoms with Crippen molar-refractivity contribution < 1.29 is 23.5 Å². The van der Waals surface area contributed by atoms with Crippen LogP contribution < -0.4 is 5.43 Å². The highest BCUT2D eigenvalue weighted by molar-refractivity contribution is 6.09. The van der Waals surface area contributed by atoms with E-state index in [0.29, 0.717) is 29.0 Å². The van der Waals surface area contributed by atoms with Crippen molar-refractivity contribution in [2.24, 2.45) is 0 Å². The zero-order chi connectivity index (χ0) is 27.7. The summed E-state index contributed by atoms with van der Waals surface area (Å²) in [6.45, 7) is 7.29. The molecule has 0 amide bonds. The SMILES string of the molecule is CCOC(=O)c1c(C)nc(C)c(C(=O)OCC)c1-c1coc2c3ccccc3n(Cc3ccccc3)c2c1=O. The van der Waals surface area contributed by atoms with Gasteiger partial charge in [-0.05, 0) is 45.4 Å². The fourth-order valence-electron chi connectivity index (χ4n) is 5.04. The summed E-state index contributed by atoms with van der Waals surface area (Å²) in [5.74, 6) is -1.38. The number of para-hydroxylation sites is 1. The number of nitrogens with zero attached hydrogens (tertiary/aromatic N) is 2. The van der Waals surface area contributed by atoms with Crippen molar-refractivity contribution in [3.05, 3.63) is 99.2 Å². The van der Waals surface area contributed by atoms with Crippen LogP contribution in [-0.4, -0.2) is 34.7 Å². The summed E-state index contributed by atoms with van der Waals surface area (Å²) in [4.78, 5) is 45.2. The van der Waals surface area contributed by atoms with Crippen LogP contribution in [-0.2, 0) is 16.0 Å². The van der Waals surface area contributed by atoms with Gasteiger partial charge in [0.05, 0.1) is 46.8 Å². The van der Waals surface area contributed by atoms with Crippen molar-refractivity contribution in [3.63, 3.8) is 0 Å². The second-order valence-corrected chi connectivity index (χ2v) is 9.09. The Labute approximate surface area is 224 Å². The molecule has 8 nitrogen and oxygen atoms in total. The molecule has 0 radical (unpaired) electrons. The Morgan fingerprint density at radius 3 is 2.08 bits per heavy atom. The average Bonchev–Trinajstić information content (AvgIpc) is 3.23. The monoisotopic (exact) mass is 524 g/mol. The van der Waals surface area contributed by atoms with Crippen LogP contribution in [0.3, 0.4) is 0 Å². The Morgan fingerprint density at radius 1 is 0.872 bits per heavy atom. The van der Waals surface area contributed by atoms with E-state index in [1.54, 1.807) is 27.7 Å². The third-order valence-corrected chi connectivity index (χ3v) is 6.65. The van der Waals surface area contributed by atoms with Crippen LogP contribution in [0, 0.1) is 13.8 Å². The third kappa shape index (κ3) is 4.48. The highest BCUT2D eigenvalue weighted by atomic mass is 16.5. The summed E-state index contributed by atoms with van der Waals surface area (Å²) in [7, 11) is 0. The molecule has 8 heteroatoms. The van der Waals surface area contributed by atoms with Crippen molar-refractivity contribution in [2.75, 3.05) is 13.2 Å². The number of aryl methyl sites for hydroxylation is 2. The molecule has 5 rings (SSSR count). The average molecular weight is 525 g/mol. The molecule has 0 N–H and O–H groups in total. The van der Waals surface area contributed by atoms with Gasteiger partial charge >= 0.3 is 11.9 Å². The van der Waals surface area contributed by atoms with Crippen LogP contribution >= 0.6 is 0 Å². The molecular weight excluding hydrogens is 496 g/mol. The van der Waals surface area contributed by atoms with E-state index in [1.807, 2.05) is 59.2 Å². The van der Waals surface area contributed by atoms with Crippen LogP contribution in [0.25, 0.3) is 33.1 Å². The fourth-order valence-corrected chi connectivity index (χ4v) is 5.04. The molecule has 0 spiro atoms. The van der Waals surface area contributed by atoms with Gasteiger partial charge in [0.15, 0.2) is 5.58 Å². The lowest BCUT2D eigenvalue weighted by molar-refractivity contribution is 0.0525. The molecule has 5 aromatic rings. The van der Waals surface area contributed by atoms with E-state index < -0.39 is 11.9 Å². The summed E-state index contributed by atoms with van der Waals surface area (Å²) < 4.78 is 18.7. The lowest BCUT2D eigenvalue weighted by atomic mass is 9.93. The predicted octanol–water partition coefficient (Wildman–Crippen LogP) is 5.83. The molecule has 0 aliphatic carbocycles. The lowest BCUT2D eigenvalue weighted by Crippen LogP contribution is -2.20. The Hall–Kier alpha value is -4.72. The van der Waals surface area contributed by atoms with Gasteiger partial charge < -0.3 is 18.5 Å². The number of benzene rings is 2. The van der Waals surface area contributed by atoms with E-state index in [1.165, 1.54) is 6.26 Å². The van der Waals surface area contributed by atoms with Crippen molar-refractivity contribution in [1.29, 1.82) is 0 Å². The second kappa shape index (κ2) is 10.6. The first-order chi connectivity index (χ1) is 18.9. The molecule has 198 valence electrons. The Bertz CT molecular complexity index is 1740. The number of ether oxygens (including phenoxy) is 2. The van der Waals surface area contributed by atoms with Crippen molar-refractivity contribution >= 4 is 33.9 Å². The highest BCUT2D eigenvalue weighted by Gasteiger charge is 2.31. The number of aromatic nitrogens is 2. The van der Waals surface area contributed by atoms with Gasteiger partial charge in [-0.1, -0.05) is 42.5 Å². The number of rotatable bonds is 7. The number of hydrogen-bond donors (Lipinski definition) is 0. The second-order valence-electron chi connectivity index (χ2n) is 9.09. The summed E-state index contributed by atoms with van der Waals surface area (Å²) in [6.07, 6.45) is 1.31. The molecule has 0 aliphatic heterocycles. The van der Waals surface area contributed by atoms with Gasteiger partial charge in [-0.2, -0.15) is 0 Å². The molecule has 0 fully saturated rings. The van der Waals surface area contributed by atoms with Crippen LogP contribution in [0.2, 0.25) is 0 Å². The maximum atomic E-state index is 14.4. The molecule has 3 heterocycles. The Balaban J connectivity index is 1.89. The summed E-state index contributed by atoms with van der Waals surface area (Å²) in [5, 5.41) is 0.783. The first-order valence-electron chi connectivity index (χ1n) is 12.8. The van der Waals surface area contributed by atoms with Gasteiger partial charge in [-0.25, -0.2) is 9.59 Å². The minimum absolute atomic E-state index is 0.0304. The molecule has 39 heavy (non-hydrogen) atoms. The van der Waals surface area contributed by atoms with Gasteiger partial charge in [0, 0.05) is 17.5 Å². The minimum atomic E-state index is -0.688. The molecule has 0 aliphatic rings. The van der Waals surface area contributed by atoms with Gasteiger partial charge in [0.2, 0.25) is 5.43 Å². The van der Waals surface area contributed by atoms with Crippen LogP contribution in [0.5, 0.6) is 0 Å². The largest absolute Gasteiger partial charge is 0.462 e. The van der Waals surface area contributed by atoms with Crippen LogP contribution in [0.1, 0.15) is 51.5 Å². The summed E-state index contributed by atoms with van der Waals surface area (Å²) >= 11 is 0. The first-order valence-corrected chi connectivity index (χ1v) is 12.8. The lowest BCUT2D eigenvalue weighted by Gasteiger charge is -2.17. The number of carbonyl (C=O) groups is 2. The summed E-state index contributed by atoms with van der Waals surface area (Å²) in [6, 6.07) is 17.4. The Kier molecular flexibility index (Phi) is 7.02. The van der Waals surface area contributed by atoms with Crippen molar-refractivity contribution in [1.82, 2.24) is 9.55 Å². The first kappa shape index (κ1) is 25.9. The van der Waals surface area contributed by atoms with Crippen LogP contribution in [0.4, 0.5) is 0 Å². The standard InChI is InChI=1S/C31H28N2O6/c1-5-37-30(35)24-18(3)32-19(4)25(31(36)38-6-2)26(24)22-17-39-29-21-14-10-11-15-23(21)33(27(29)28(22)34)16-20-12-8-7-9-13-20/h7-15,17H,5-6,16H2,1-4H3. The van der Waals surface area contributed by atoms with E-state index in [0.717, 1.165) is 16.5 Å². The molecular formula is C31H28N2O6. The van der Waals surface area contributed by atoms with E-state index in [-0.39, 0.29) is 40.9 Å². The molecule has 0 bridgehead atoms. The molecule has 0 saturated heterocycles. The molecule has 0 saturated carbocycles. The number of fused-ring (bicyclic) bond motifs is 3. The predicted molar refractivity (Wildman–Crippen MR) is 148 cm³/mol. The van der Waals surface area contributed by atoms with E-state index >= 15 is 0 Å². The zero-order valence-corrected chi connectivity index (χ0v) is 22.2. The third-order valence-electron chi connectivity index (χ3n) is 6.65. The van der Waals surface area contributed by atoms with E-state index in [4.69, 9.17) is 13.9 Å². The van der Waals surface area contributed by atoms with Crippen molar-refractivity contribution in [3.8, 4) is 11.1 Å². The number of hydrogen-bond acceptors (Lipinski definition) is 7. The highest BCUT2D eigenvalue weighted by Crippen LogP contribution is 2.34. The number of carbonyl (C=O) groups excluding carboxylic acids is 2. The maximum absolute atomic E-state index is 14.4. The quantitative estimate of drug-likeness (QED) is 0.247. The topological polar surface area (TPSA) is 101 Å². The maximum Gasteiger partial charge on any atom is 0.340 e. The van der Waals surface area contributed by atoms with Crippen molar-refractivity contribution in [2.45, 2.75) is 34.2 Å². The van der Waals surface area contributed by atoms with E-state index in [2.05, 4.69) is 4.98 Å². The van der Waals surface area contributed by atoms with Gasteiger partial charge in [-0.15, -0.1) is 0 Å². The van der Waals surface area contributed by atoms with Gasteiger partial charge in [-0.3, -0.25) is 9.78 Å². The summed E-state index contributed by atoms with van der Waals surface area (Å²) in [5.41, 5.74) is 3.07. The number of pyridine rings is 1. The zero-order valence-electron chi connectivity index (χ0n) is 22.2. The normalized spacial score (nSPS) is 11.2. The number of esters is 2. The molecule has 3 aromatic heterocycles. The molecule has 0 unspecified atom stereocenters. The van der Waals surface area contributed by atoms with Gasteiger partial charge in [0.1, 0.15) is 11.8 Å². The Morgan fingerprint density at radius 2 is 1.46 bits per heavy atom. The molecule has 2 aromatic carbocycles.